The van der Waals surface area contributed by atoms with Gasteiger partial charge in [-0.25, -0.2) is 4.98 Å². The van der Waals surface area contributed by atoms with Crippen molar-refractivity contribution in [2.45, 2.75) is 31.2 Å². The van der Waals surface area contributed by atoms with Gasteiger partial charge in [-0.1, -0.05) is 11.9 Å². The molecule has 0 saturated carbocycles. The van der Waals surface area contributed by atoms with Gasteiger partial charge in [0.15, 0.2) is 0 Å². The van der Waals surface area contributed by atoms with Gasteiger partial charge in [0.05, 0.1) is 0 Å². The van der Waals surface area contributed by atoms with E-state index in [2.05, 4.69) is 57.5 Å². The van der Waals surface area contributed by atoms with Crippen LogP contribution in [0.1, 0.15) is 18.4 Å². The Morgan fingerprint density at radius 2 is 1.70 bits per heavy atom. The van der Waals surface area contributed by atoms with Gasteiger partial charge in [0, 0.05) is 72.7 Å². The van der Waals surface area contributed by atoms with Gasteiger partial charge in [0.25, 0.3) is 5.56 Å². The smallest absolute Gasteiger partial charge is 0.260 e. The summed E-state index contributed by atoms with van der Waals surface area (Å²) in [5.74, 6) is 4.47. The Balaban J connectivity index is 1.35. The van der Waals surface area contributed by atoms with Crippen molar-refractivity contribution in [1.29, 1.82) is 0 Å². The predicted molar refractivity (Wildman–Crippen MR) is 178 cm³/mol. The molecule has 2 fully saturated rings. The van der Waals surface area contributed by atoms with E-state index in [-0.39, 0.29) is 28.5 Å². The average Bonchev–Trinajstić information content (AvgIpc) is 3.55. The highest BCUT2D eigenvalue weighted by atomic mass is 32.2. The van der Waals surface area contributed by atoms with Crippen molar-refractivity contribution in [1.82, 2.24) is 24.3 Å². The van der Waals surface area contributed by atoms with E-state index in [1.165, 1.54) is 10.3 Å². The molecule has 6 rings (SSSR count). The van der Waals surface area contributed by atoms with Crippen molar-refractivity contribution in [3.8, 4) is 11.1 Å². The molecule has 2 aromatic heterocycles. The number of benzene rings is 2. The standard InChI is InChI=1S/C33H39N7O2S/c1-23-19-27(43(3)4)11-12-28(23)29-20-24-21-34-33(35-25-7-9-26(10-8-25)38-17-15-37(2)16-18-38)36-31(24)40(32(29)42)22-30(41)39-13-5-6-14-39/h7-12,19-21H,3,5-6,13-18,22H2,1-2,4H3,(H,34,35,36). The van der Waals surface area contributed by atoms with Gasteiger partial charge in [-0.15, -0.1) is 0 Å². The molecular formula is C33H39N7O2S. The molecule has 2 aliphatic rings. The van der Waals surface area contributed by atoms with E-state index in [9.17, 15) is 9.59 Å². The second kappa shape index (κ2) is 12.3. The molecule has 4 heterocycles. The van der Waals surface area contributed by atoms with E-state index in [0.29, 0.717) is 22.5 Å². The Kier molecular flexibility index (Phi) is 8.32. The summed E-state index contributed by atoms with van der Waals surface area (Å²) in [6.45, 7) is 7.51. The Labute approximate surface area is 255 Å². The molecule has 4 aromatic rings. The lowest BCUT2D eigenvalue weighted by atomic mass is 10.0. The van der Waals surface area contributed by atoms with Crippen LogP contribution in [0.25, 0.3) is 22.2 Å². The fourth-order valence-corrected chi connectivity index (χ4v) is 6.54. The Morgan fingerprint density at radius 3 is 2.37 bits per heavy atom. The number of aromatic nitrogens is 3. The summed E-state index contributed by atoms with van der Waals surface area (Å²) in [7, 11) is 2.02. The summed E-state index contributed by atoms with van der Waals surface area (Å²) in [5, 5.41) is 4.00. The number of carbonyl (C=O) groups excluding carboxylic acids is 1. The first kappa shape index (κ1) is 29.1. The number of hydrogen-bond donors (Lipinski definition) is 1. The molecule has 0 spiro atoms. The third-order valence-corrected chi connectivity index (χ3v) is 9.52. The van der Waals surface area contributed by atoms with Crippen LogP contribution in [-0.4, -0.2) is 88.7 Å². The number of nitrogens with one attached hydrogen (secondary N) is 1. The molecule has 1 N–H and O–H groups in total. The zero-order chi connectivity index (χ0) is 30.1. The number of nitrogens with zero attached hydrogens (tertiary/aromatic N) is 6. The molecule has 10 heteroatoms. The van der Waals surface area contributed by atoms with Crippen LogP contribution >= 0.6 is 10.5 Å². The molecule has 2 aliphatic heterocycles. The number of piperazine rings is 1. The van der Waals surface area contributed by atoms with Gasteiger partial charge in [-0.05, 0) is 86.7 Å². The van der Waals surface area contributed by atoms with E-state index in [1.54, 1.807) is 6.20 Å². The number of rotatable bonds is 7. The number of amides is 1. The summed E-state index contributed by atoms with van der Waals surface area (Å²) in [4.78, 5) is 44.4. The molecular weight excluding hydrogens is 558 g/mol. The first-order valence-corrected chi connectivity index (χ1v) is 16.6. The highest BCUT2D eigenvalue weighted by Crippen LogP contribution is 2.29. The number of carbonyl (C=O) groups is 1. The minimum absolute atomic E-state index is 0.0617. The molecule has 1 unspecified atom stereocenters. The zero-order valence-electron chi connectivity index (χ0n) is 25.2. The molecule has 0 bridgehead atoms. The number of aryl methyl sites for hydroxylation is 1. The first-order valence-electron chi connectivity index (χ1n) is 14.8. The van der Waals surface area contributed by atoms with Gasteiger partial charge >= 0.3 is 0 Å². The maximum absolute atomic E-state index is 14.1. The van der Waals surface area contributed by atoms with Crippen LogP contribution in [-0.2, 0) is 11.3 Å². The highest BCUT2D eigenvalue weighted by molar-refractivity contribution is 8.13. The largest absolute Gasteiger partial charge is 0.369 e. The number of likely N-dealkylation sites (N-methyl/N-ethyl adjacent to an activating group) is 1. The highest BCUT2D eigenvalue weighted by Gasteiger charge is 2.22. The third-order valence-electron chi connectivity index (χ3n) is 8.46. The molecule has 43 heavy (non-hydrogen) atoms. The Bertz CT molecular complexity index is 1740. The molecule has 1 amide bonds. The monoisotopic (exact) mass is 597 g/mol. The molecule has 224 valence electrons. The topological polar surface area (TPSA) is 86.6 Å². The van der Waals surface area contributed by atoms with E-state index in [0.717, 1.165) is 73.8 Å². The lowest BCUT2D eigenvalue weighted by Crippen LogP contribution is -2.44. The van der Waals surface area contributed by atoms with Crippen molar-refractivity contribution in [2.75, 3.05) is 62.8 Å². The van der Waals surface area contributed by atoms with E-state index >= 15 is 0 Å². The lowest BCUT2D eigenvalue weighted by molar-refractivity contribution is -0.130. The summed E-state index contributed by atoms with van der Waals surface area (Å²) in [6.07, 6.45) is 5.78. The van der Waals surface area contributed by atoms with Gasteiger partial charge in [0.1, 0.15) is 12.2 Å². The van der Waals surface area contributed by atoms with Gasteiger partial charge < -0.3 is 20.0 Å². The summed E-state index contributed by atoms with van der Waals surface area (Å²) >= 11 is 0. The van der Waals surface area contributed by atoms with Gasteiger partial charge in [0.2, 0.25) is 11.9 Å². The van der Waals surface area contributed by atoms with Crippen LogP contribution in [0.15, 0.2) is 64.4 Å². The molecule has 2 aromatic carbocycles. The van der Waals surface area contributed by atoms with Crippen LogP contribution in [0.4, 0.5) is 17.3 Å². The van der Waals surface area contributed by atoms with E-state index < -0.39 is 0 Å². The van der Waals surface area contributed by atoms with Crippen molar-refractivity contribution >= 4 is 50.6 Å². The molecule has 9 nitrogen and oxygen atoms in total. The van der Waals surface area contributed by atoms with Gasteiger partial charge in [-0.2, -0.15) is 15.5 Å². The second-order valence-electron chi connectivity index (χ2n) is 11.6. The fourth-order valence-electron chi connectivity index (χ4n) is 5.87. The van der Waals surface area contributed by atoms with E-state index in [4.69, 9.17) is 4.98 Å². The van der Waals surface area contributed by atoms with Crippen LogP contribution < -0.4 is 15.8 Å². The third kappa shape index (κ3) is 6.21. The van der Waals surface area contributed by atoms with Crippen LogP contribution in [0.5, 0.6) is 0 Å². The lowest BCUT2D eigenvalue weighted by Gasteiger charge is -2.34. The molecule has 0 radical (unpaired) electrons. The molecule has 0 aliphatic carbocycles. The van der Waals surface area contributed by atoms with Crippen molar-refractivity contribution in [2.24, 2.45) is 0 Å². The van der Waals surface area contributed by atoms with Crippen molar-refractivity contribution in [3.63, 3.8) is 0 Å². The fraction of sp³-hybridized carbons (Fsp3) is 0.364. The maximum Gasteiger partial charge on any atom is 0.260 e. The minimum atomic E-state index is -0.234. The van der Waals surface area contributed by atoms with Gasteiger partial charge in [-0.3, -0.25) is 14.2 Å². The SMILES string of the molecule is C=S(C)c1ccc(-c2cc3cnc(Nc4ccc(N5CCN(C)CC5)cc4)nc3n(CC(=O)N3CCCC3)c2=O)c(C)c1. The number of anilines is 3. The van der Waals surface area contributed by atoms with Crippen molar-refractivity contribution < 1.29 is 4.79 Å². The van der Waals surface area contributed by atoms with Crippen LogP contribution in [0.2, 0.25) is 0 Å². The molecule has 1 atom stereocenters. The zero-order valence-corrected chi connectivity index (χ0v) is 26.0. The first-order chi connectivity index (χ1) is 20.8. The minimum Gasteiger partial charge on any atom is -0.369 e. The van der Waals surface area contributed by atoms with Crippen LogP contribution in [0.3, 0.4) is 0 Å². The average molecular weight is 598 g/mol. The number of fused-ring (bicyclic) bond motifs is 1. The second-order valence-corrected chi connectivity index (χ2v) is 13.3. The number of likely N-dealkylation sites (tertiary alicyclic amines) is 1. The summed E-state index contributed by atoms with van der Waals surface area (Å²) < 4.78 is 1.52. The summed E-state index contributed by atoms with van der Waals surface area (Å²) in [5.41, 5.74) is 4.62. The quantitative estimate of drug-likeness (QED) is 0.312. The predicted octanol–water partition coefficient (Wildman–Crippen LogP) is 4.57. The Hall–Kier alpha value is -4.02. The maximum atomic E-state index is 14.1. The normalized spacial score (nSPS) is 16.5. The van der Waals surface area contributed by atoms with Crippen molar-refractivity contribution in [3.05, 3.63) is 70.6 Å². The van der Waals surface area contributed by atoms with E-state index in [1.807, 2.05) is 42.2 Å². The number of pyridine rings is 1. The number of hydrogen-bond acceptors (Lipinski definition) is 7. The molecule has 2 saturated heterocycles. The Morgan fingerprint density at radius 1 is 0.977 bits per heavy atom. The summed E-state index contributed by atoms with van der Waals surface area (Å²) in [6, 6.07) is 16.2. The van der Waals surface area contributed by atoms with Crippen LogP contribution in [0, 0.1) is 6.92 Å².